The fourth-order valence-electron chi connectivity index (χ4n) is 7.42. The van der Waals surface area contributed by atoms with Crippen molar-refractivity contribution in [2.75, 3.05) is 26.7 Å². The van der Waals surface area contributed by atoms with E-state index in [1.165, 1.54) is 51.5 Å². The molecule has 43 heavy (non-hydrogen) atoms. The summed E-state index contributed by atoms with van der Waals surface area (Å²) < 4.78 is 7.34. The number of carbonyl (C=O) groups excluding carboxylic acids is 2. The van der Waals surface area contributed by atoms with Crippen molar-refractivity contribution < 1.29 is 18.8 Å². The zero-order valence-electron chi connectivity index (χ0n) is 25.5. The molecular formula is C37H46N3O3+. The molecule has 6 rings (SSSR count). The van der Waals surface area contributed by atoms with Crippen LogP contribution in [0.5, 0.6) is 11.5 Å². The Morgan fingerprint density at radius 2 is 1.47 bits per heavy atom. The maximum Gasteiger partial charge on any atom is 0.251 e. The number of nitrogens with zero attached hydrogens (tertiary/aromatic N) is 1. The highest BCUT2D eigenvalue weighted by molar-refractivity contribution is 5.96. The van der Waals surface area contributed by atoms with Gasteiger partial charge in [-0.3, -0.25) is 9.59 Å². The summed E-state index contributed by atoms with van der Waals surface area (Å²) in [6, 6.07) is 23.2. The number of quaternary nitrogens is 1. The SMILES string of the molecule is C[N+]1(CC2CCCCCCC2)CCC(NC(=O)C2c3ccccc3Oc3ccc(C(=O)NCc4ccccc4)cc32)CC1. The summed E-state index contributed by atoms with van der Waals surface area (Å²) in [4.78, 5) is 27.2. The van der Waals surface area contributed by atoms with Crippen molar-refractivity contribution in [1.29, 1.82) is 0 Å². The smallest absolute Gasteiger partial charge is 0.251 e. The second-order valence-electron chi connectivity index (χ2n) is 13.2. The minimum atomic E-state index is -0.528. The highest BCUT2D eigenvalue weighted by Gasteiger charge is 2.37. The van der Waals surface area contributed by atoms with Crippen molar-refractivity contribution in [3.8, 4) is 11.5 Å². The van der Waals surface area contributed by atoms with Gasteiger partial charge in [0.15, 0.2) is 0 Å². The fraction of sp³-hybridized carbons (Fsp3) is 0.459. The molecule has 1 aliphatic carbocycles. The number of piperidine rings is 1. The third-order valence-electron chi connectivity index (χ3n) is 9.90. The van der Waals surface area contributed by atoms with Gasteiger partial charge >= 0.3 is 0 Å². The molecule has 6 heteroatoms. The number of nitrogens with one attached hydrogen (secondary N) is 2. The third kappa shape index (κ3) is 7.13. The standard InChI is InChI=1S/C37H45N3O3/c1-40(26-28-14-6-3-2-4-7-15-28)22-20-30(21-23-40)39-37(42)35-31-16-10-11-17-33(31)43-34-19-18-29(24-32(34)35)36(41)38-25-27-12-8-5-9-13-27/h5,8-13,16-19,24,28,30,35H,2-4,6-7,14-15,20-23,25-26H2,1H3,(H-,38,39,41,42)/p+1. The van der Waals surface area contributed by atoms with Crippen molar-refractivity contribution in [2.24, 2.45) is 5.92 Å². The van der Waals surface area contributed by atoms with Crippen molar-refractivity contribution in [3.05, 3.63) is 95.1 Å². The molecular weight excluding hydrogens is 534 g/mol. The normalized spacial score (nSPS) is 23.9. The molecule has 2 aliphatic heterocycles. The summed E-state index contributed by atoms with van der Waals surface area (Å²) in [6.07, 6.45) is 11.7. The highest BCUT2D eigenvalue weighted by Crippen LogP contribution is 2.44. The summed E-state index contributed by atoms with van der Waals surface area (Å²) in [5.41, 5.74) is 3.14. The van der Waals surface area contributed by atoms with E-state index in [1.807, 2.05) is 66.7 Å². The van der Waals surface area contributed by atoms with Crippen LogP contribution in [0, 0.1) is 5.92 Å². The molecule has 1 saturated heterocycles. The predicted molar refractivity (Wildman–Crippen MR) is 170 cm³/mol. The van der Waals surface area contributed by atoms with E-state index in [9.17, 15) is 9.59 Å². The van der Waals surface area contributed by atoms with E-state index in [1.54, 1.807) is 6.07 Å². The lowest BCUT2D eigenvalue weighted by molar-refractivity contribution is -0.917. The fourth-order valence-corrected chi connectivity index (χ4v) is 7.42. The van der Waals surface area contributed by atoms with Gasteiger partial charge in [-0.1, -0.05) is 80.6 Å². The van der Waals surface area contributed by atoms with E-state index in [-0.39, 0.29) is 17.9 Å². The Kier molecular flexibility index (Phi) is 9.13. The Hall–Kier alpha value is -3.64. The second-order valence-corrected chi connectivity index (χ2v) is 13.2. The number of benzene rings is 3. The Bertz CT molecular complexity index is 1410. The molecule has 2 fully saturated rings. The van der Waals surface area contributed by atoms with Crippen LogP contribution in [-0.2, 0) is 11.3 Å². The van der Waals surface area contributed by atoms with Gasteiger partial charge in [0.1, 0.15) is 11.5 Å². The van der Waals surface area contributed by atoms with Gasteiger partial charge in [-0.25, -0.2) is 0 Å². The van der Waals surface area contributed by atoms with Crippen LogP contribution in [0.15, 0.2) is 72.8 Å². The number of hydrogen-bond acceptors (Lipinski definition) is 3. The van der Waals surface area contributed by atoms with Gasteiger partial charge in [0.25, 0.3) is 5.91 Å². The number of rotatable bonds is 7. The zero-order valence-corrected chi connectivity index (χ0v) is 25.5. The lowest BCUT2D eigenvalue weighted by Gasteiger charge is -2.43. The number of fused-ring (bicyclic) bond motifs is 2. The lowest BCUT2D eigenvalue weighted by Crippen LogP contribution is -2.56. The van der Waals surface area contributed by atoms with E-state index in [4.69, 9.17) is 4.74 Å². The van der Waals surface area contributed by atoms with Gasteiger partial charge in [0.2, 0.25) is 5.91 Å². The predicted octanol–water partition coefficient (Wildman–Crippen LogP) is 6.94. The molecule has 2 amide bonds. The number of amides is 2. The molecule has 0 bridgehead atoms. The summed E-state index contributed by atoms with van der Waals surface area (Å²) in [5, 5.41) is 6.43. The summed E-state index contributed by atoms with van der Waals surface area (Å²) >= 11 is 0. The summed E-state index contributed by atoms with van der Waals surface area (Å²) in [6.45, 7) is 3.93. The van der Waals surface area contributed by atoms with Gasteiger partial charge in [0, 0.05) is 48.0 Å². The maximum atomic E-state index is 14.1. The molecule has 0 radical (unpaired) electrons. The first-order chi connectivity index (χ1) is 21.0. The van der Waals surface area contributed by atoms with E-state index in [2.05, 4.69) is 17.7 Å². The average Bonchev–Trinajstić information content (AvgIpc) is 3.01. The van der Waals surface area contributed by atoms with Gasteiger partial charge in [-0.15, -0.1) is 0 Å². The zero-order chi connectivity index (χ0) is 29.6. The molecule has 0 aromatic heterocycles. The minimum absolute atomic E-state index is 0.0139. The first-order valence-electron chi connectivity index (χ1n) is 16.3. The molecule has 3 aliphatic rings. The topological polar surface area (TPSA) is 67.4 Å². The molecule has 1 saturated carbocycles. The number of hydrogen-bond donors (Lipinski definition) is 2. The molecule has 1 unspecified atom stereocenters. The van der Waals surface area contributed by atoms with Crippen molar-refractivity contribution in [2.45, 2.75) is 76.3 Å². The van der Waals surface area contributed by atoms with Crippen LogP contribution in [0.4, 0.5) is 0 Å². The molecule has 6 nitrogen and oxygen atoms in total. The quantitative estimate of drug-likeness (QED) is 0.298. The monoisotopic (exact) mass is 580 g/mol. The molecule has 0 spiro atoms. The molecule has 1 atom stereocenters. The van der Waals surface area contributed by atoms with Crippen LogP contribution >= 0.6 is 0 Å². The van der Waals surface area contributed by atoms with Gasteiger partial charge in [-0.2, -0.15) is 0 Å². The summed E-state index contributed by atoms with van der Waals surface area (Å²) in [5.74, 6) is 1.46. The lowest BCUT2D eigenvalue weighted by atomic mass is 9.85. The second kappa shape index (κ2) is 13.3. The Morgan fingerprint density at radius 1 is 0.791 bits per heavy atom. The van der Waals surface area contributed by atoms with E-state index < -0.39 is 5.92 Å². The van der Waals surface area contributed by atoms with Crippen molar-refractivity contribution in [1.82, 2.24) is 10.6 Å². The van der Waals surface area contributed by atoms with E-state index in [0.717, 1.165) is 53.0 Å². The third-order valence-corrected chi connectivity index (χ3v) is 9.90. The molecule has 2 N–H and O–H groups in total. The van der Waals surface area contributed by atoms with Gasteiger partial charge in [-0.05, 0) is 42.7 Å². The number of carbonyl (C=O) groups is 2. The van der Waals surface area contributed by atoms with Crippen LogP contribution < -0.4 is 15.4 Å². The van der Waals surface area contributed by atoms with Gasteiger partial charge < -0.3 is 19.9 Å². The van der Waals surface area contributed by atoms with E-state index >= 15 is 0 Å². The van der Waals surface area contributed by atoms with Crippen LogP contribution in [0.1, 0.15) is 90.8 Å². The highest BCUT2D eigenvalue weighted by atomic mass is 16.5. The van der Waals surface area contributed by atoms with Crippen LogP contribution in [0.3, 0.4) is 0 Å². The molecule has 3 aromatic rings. The maximum absolute atomic E-state index is 14.1. The number of ether oxygens (including phenoxy) is 1. The minimum Gasteiger partial charge on any atom is -0.457 e. The van der Waals surface area contributed by atoms with Crippen LogP contribution in [0.2, 0.25) is 0 Å². The Labute approximate surface area is 256 Å². The molecule has 2 heterocycles. The van der Waals surface area contributed by atoms with Crippen LogP contribution in [-0.4, -0.2) is 49.0 Å². The Balaban J connectivity index is 1.14. The van der Waals surface area contributed by atoms with E-state index in [0.29, 0.717) is 23.6 Å². The van der Waals surface area contributed by atoms with Gasteiger partial charge in [0.05, 0.1) is 32.6 Å². The number of likely N-dealkylation sites (tertiary alicyclic amines) is 1. The average molecular weight is 581 g/mol. The number of para-hydroxylation sites is 1. The van der Waals surface area contributed by atoms with Crippen molar-refractivity contribution in [3.63, 3.8) is 0 Å². The van der Waals surface area contributed by atoms with Crippen molar-refractivity contribution >= 4 is 11.8 Å². The first kappa shape index (κ1) is 29.4. The van der Waals surface area contributed by atoms with Crippen LogP contribution in [0.25, 0.3) is 0 Å². The molecule has 226 valence electrons. The molecule has 3 aromatic carbocycles. The largest absolute Gasteiger partial charge is 0.457 e. The Morgan fingerprint density at radius 3 is 2.23 bits per heavy atom. The summed E-state index contributed by atoms with van der Waals surface area (Å²) in [7, 11) is 2.42. The first-order valence-corrected chi connectivity index (χ1v) is 16.3.